The number of hydrogen-bond acceptors (Lipinski definition) is 14. The summed E-state index contributed by atoms with van der Waals surface area (Å²) in [6.45, 7) is 3.66. The molecule has 6 aromatic rings. The minimum Gasteiger partial charge on any atom is -0.508 e. The van der Waals surface area contributed by atoms with Crippen LogP contribution < -0.4 is 54.4 Å². The highest BCUT2D eigenvalue weighted by Crippen LogP contribution is 2.25. The number of nitrogens with two attached hydrogens (primary N) is 3. The third kappa shape index (κ3) is 17.4. The zero-order chi connectivity index (χ0) is 58.9. The van der Waals surface area contributed by atoms with Crippen LogP contribution in [0.25, 0.3) is 21.7 Å². The zero-order valence-electron chi connectivity index (χ0n) is 45.5. The number of hydrogen-bond donors (Lipinski definition) is 13. The molecule has 1 aliphatic rings. The van der Waals surface area contributed by atoms with E-state index >= 15 is 0 Å². The van der Waals surface area contributed by atoms with Crippen LogP contribution in [0.4, 0.5) is 0 Å². The van der Waals surface area contributed by atoms with E-state index in [9.17, 15) is 48.6 Å². The highest BCUT2D eigenvalue weighted by molar-refractivity contribution is 8.76. The Morgan fingerprint density at radius 1 is 0.646 bits per heavy atom. The van der Waals surface area contributed by atoms with E-state index < -0.39 is 102 Å². The predicted molar refractivity (Wildman–Crippen MR) is 317 cm³/mol. The number of aromatic amines is 1. The molecule has 434 valence electrons. The van der Waals surface area contributed by atoms with E-state index in [-0.39, 0.29) is 61.7 Å². The van der Waals surface area contributed by atoms with Gasteiger partial charge in [0.15, 0.2) is 0 Å². The van der Waals surface area contributed by atoms with E-state index in [1.54, 1.807) is 44.3 Å². The van der Waals surface area contributed by atoms with Crippen LogP contribution in [-0.2, 0) is 64.0 Å². The Balaban J connectivity index is 1.25. The lowest BCUT2D eigenvalue weighted by atomic mass is 9.99. The number of phenolic OH excluding ortho intramolecular Hbond substituents is 2. The maximum absolute atomic E-state index is 14.9. The Hall–Kier alpha value is -8.12. The van der Waals surface area contributed by atoms with E-state index in [0.717, 1.165) is 43.3 Å². The third-order valence-corrected chi connectivity index (χ3v) is 16.5. The summed E-state index contributed by atoms with van der Waals surface area (Å²) in [5.74, 6) is -7.29. The van der Waals surface area contributed by atoms with Crippen molar-refractivity contribution in [1.29, 1.82) is 0 Å². The standard InChI is InChI=1S/C59H71N11O10S2/c1-33(2)51-59(80)69-50(57(78)65-46(52(62)73)28-36-14-19-37-9-3-4-10-38(37)25-36)32-82-81-31-49(68-53(74)43(61)26-34-15-20-40(71)21-16-34)58(79)66-47(27-35-17-22-41(72)23-18-35)55(76)67-48(29-39-30-63-44-12-6-5-11-42(39)44)56(77)64-45(54(75)70-51)13-7-8-24-60/h3-6,9-12,14-23,25,30,33,43,45-51,63,71-72H,7-8,13,24,26-29,31-32,60-61H2,1-2H3,(H2,62,73)(H,64,77)(H,65,78)(H,66,79)(H,67,76)(H,68,74)(H,69,80)(H,70,75)/t43-,45-,46+,47-,48+,49+,50-,51-/m0/s1. The number of carbonyl (C=O) groups is 8. The van der Waals surface area contributed by atoms with E-state index in [1.807, 2.05) is 66.7 Å². The van der Waals surface area contributed by atoms with Gasteiger partial charge in [0.05, 0.1) is 6.04 Å². The molecule has 23 heteroatoms. The van der Waals surface area contributed by atoms with Crippen molar-refractivity contribution >= 4 is 90.5 Å². The highest BCUT2D eigenvalue weighted by atomic mass is 33.1. The molecule has 2 heterocycles. The summed E-state index contributed by atoms with van der Waals surface area (Å²) in [4.78, 5) is 118. The number of nitrogens with one attached hydrogen (secondary N) is 8. The average Bonchev–Trinajstić information content (AvgIpc) is 3.93. The van der Waals surface area contributed by atoms with E-state index in [1.165, 1.54) is 24.3 Å². The minimum absolute atomic E-state index is 0.00841. The van der Waals surface area contributed by atoms with Gasteiger partial charge in [0.25, 0.3) is 0 Å². The molecule has 0 aliphatic carbocycles. The molecule has 0 spiro atoms. The SMILES string of the molecule is CC(C)[C@@H]1NC(=O)[C@H](CCCCN)NC(=O)[C@@H](Cc2c[nH]c3ccccc23)NC(=O)[C@H](Cc2ccc(O)cc2)NC(=O)[C@H](NC(=O)[C@@H](N)Cc2ccc(O)cc2)CSSC[C@@H](C(=O)N[C@H](Cc2ccc3ccccc3c2)C(N)=O)NC1=O. The molecule has 1 fully saturated rings. The van der Waals surface area contributed by atoms with Crippen molar-refractivity contribution in [2.24, 2.45) is 23.1 Å². The molecule has 1 saturated heterocycles. The number of para-hydroxylation sites is 1. The molecule has 0 saturated carbocycles. The number of carbonyl (C=O) groups excluding carboxylic acids is 8. The Bertz CT molecular complexity index is 3220. The lowest BCUT2D eigenvalue weighted by Gasteiger charge is -2.29. The van der Waals surface area contributed by atoms with Gasteiger partial charge in [-0.25, -0.2) is 0 Å². The lowest BCUT2D eigenvalue weighted by Crippen LogP contribution is -2.61. The number of phenols is 2. The van der Waals surface area contributed by atoms with Crippen molar-refractivity contribution in [3.05, 3.63) is 144 Å². The van der Waals surface area contributed by atoms with Gasteiger partial charge in [0, 0.05) is 47.9 Å². The third-order valence-electron chi connectivity index (χ3n) is 14.0. The van der Waals surface area contributed by atoms with Crippen molar-refractivity contribution in [1.82, 2.24) is 42.2 Å². The van der Waals surface area contributed by atoms with Gasteiger partial charge in [-0.3, -0.25) is 38.4 Å². The van der Waals surface area contributed by atoms with Crippen LogP contribution in [0.3, 0.4) is 0 Å². The second-order valence-corrected chi connectivity index (χ2v) is 23.2. The summed E-state index contributed by atoms with van der Waals surface area (Å²) in [7, 11) is 2.09. The number of fused-ring (bicyclic) bond motifs is 2. The van der Waals surface area contributed by atoms with Crippen molar-refractivity contribution in [2.45, 2.75) is 107 Å². The van der Waals surface area contributed by atoms with E-state index in [2.05, 4.69) is 42.2 Å². The van der Waals surface area contributed by atoms with Crippen LogP contribution in [0.1, 0.15) is 55.4 Å². The number of amides is 8. The summed E-state index contributed by atoms with van der Waals surface area (Å²) >= 11 is 0. The summed E-state index contributed by atoms with van der Waals surface area (Å²) in [6.07, 6.45) is 2.41. The number of unbranched alkanes of at least 4 members (excludes halogenated alkanes) is 1. The second kappa shape index (κ2) is 29.6. The molecule has 21 nitrogen and oxygen atoms in total. The van der Waals surface area contributed by atoms with Crippen LogP contribution in [-0.4, -0.2) is 129 Å². The van der Waals surface area contributed by atoms with Crippen molar-refractivity contribution < 1.29 is 48.6 Å². The van der Waals surface area contributed by atoms with Crippen LogP contribution in [0.5, 0.6) is 11.5 Å². The van der Waals surface area contributed by atoms with Gasteiger partial charge in [-0.1, -0.05) is 120 Å². The zero-order valence-corrected chi connectivity index (χ0v) is 47.2. The predicted octanol–water partition coefficient (Wildman–Crippen LogP) is 2.39. The maximum Gasteiger partial charge on any atom is 0.244 e. The fourth-order valence-electron chi connectivity index (χ4n) is 9.39. The first kappa shape index (κ1) is 61.5. The first-order valence-corrected chi connectivity index (χ1v) is 29.5. The first-order chi connectivity index (χ1) is 39.3. The molecule has 8 amide bonds. The molecule has 5 aromatic carbocycles. The monoisotopic (exact) mass is 1160 g/mol. The minimum atomic E-state index is -1.42. The fourth-order valence-corrected chi connectivity index (χ4v) is 11.7. The van der Waals surface area contributed by atoms with Gasteiger partial charge in [0.2, 0.25) is 47.3 Å². The molecule has 7 rings (SSSR count). The molecule has 16 N–H and O–H groups in total. The molecule has 8 atom stereocenters. The summed E-state index contributed by atoms with van der Waals surface area (Å²) in [5, 5.41) is 42.1. The molecule has 0 radical (unpaired) electrons. The Morgan fingerprint density at radius 3 is 1.93 bits per heavy atom. The van der Waals surface area contributed by atoms with Crippen molar-refractivity contribution in [3.63, 3.8) is 0 Å². The number of benzene rings is 5. The van der Waals surface area contributed by atoms with Crippen molar-refractivity contribution in [3.8, 4) is 11.5 Å². The molecule has 1 aliphatic heterocycles. The second-order valence-electron chi connectivity index (χ2n) is 20.7. The Morgan fingerprint density at radius 2 is 1.24 bits per heavy atom. The average molecular weight is 1160 g/mol. The quantitative estimate of drug-likeness (QED) is 0.0434. The lowest BCUT2D eigenvalue weighted by molar-refractivity contribution is -0.136. The van der Waals surface area contributed by atoms with Gasteiger partial charge < -0.3 is 69.6 Å². The largest absolute Gasteiger partial charge is 0.508 e. The van der Waals surface area contributed by atoms with Gasteiger partial charge in [0.1, 0.15) is 53.8 Å². The molecular weight excluding hydrogens is 1090 g/mol. The van der Waals surface area contributed by atoms with Crippen LogP contribution in [0.15, 0.2) is 121 Å². The normalized spacial score (nSPS) is 20.6. The summed E-state index contributed by atoms with van der Waals surface area (Å²) in [6, 6.07) is 22.0. The molecule has 0 bridgehead atoms. The molecule has 1 aromatic heterocycles. The summed E-state index contributed by atoms with van der Waals surface area (Å²) < 4.78 is 0. The molecular formula is C59H71N11O10S2. The van der Waals surface area contributed by atoms with E-state index in [4.69, 9.17) is 17.2 Å². The van der Waals surface area contributed by atoms with Crippen LogP contribution in [0, 0.1) is 5.92 Å². The number of primary amides is 1. The number of aromatic nitrogens is 1. The van der Waals surface area contributed by atoms with E-state index in [0.29, 0.717) is 35.1 Å². The highest BCUT2D eigenvalue weighted by Gasteiger charge is 2.36. The Labute approximate surface area is 482 Å². The van der Waals surface area contributed by atoms with Crippen LogP contribution >= 0.6 is 21.6 Å². The maximum atomic E-state index is 14.9. The van der Waals surface area contributed by atoms with Crippen molar-refractivity contribution in [2.75, 3.05) is 18.1 Å². The first-order valence-electron chi connectivity index (χ1n) is 27.1. The fraction of sp³-hybridized carbons (Fsp3) is 0.356. The van der Waals surface area contributed by atoms with Gasteiger partial charge in [-0.05, 0) is 102 Å². The smallest absolute Gasteiger partial charge is 0.244 e. The summed E-state index contributed by atoms with van der Waals surface area (Å²) in [5.41, 5.74) is 21.4. The van der Waals surface area contributed by atoms with Gasteiger partial charge in [-0.2, -0.15) is 0 Å². The topological polar surface area (TPSA) is 355 Å². The molecule has 82 heavy (non-hydrogen) atoms. The van der Waals surface area contributed by atoms with Crippen LogP contribution in [0.2, 0.25) is 0 Å². The number of aromatic hydroxyl groups is 2. The number of H-pyrrole nitrogens is 1. The number of rotatable bonds is 18. The Kier molecular flexibility index (Phi) is 22.2. The van der Waals surface area contributed by atoms with Gasteiger partial charge >= 0.3 is 0 Å². The molecule has 0 unspecified atom stereocenters. The van der Waals surface area contributed by atoms with Gasteiger partial charge in [-0.15, -0.1) is 0 Å².